The molecule has 0 aliphatic rings. The van der Waals surface area contributed by atoms with Gasteiger partial charge in [0.2, 0.25) is 0 Å². The Kier molecular flexibility index (Phi) is 6.43. The zero-order valence-corrected chi connectivity index (χ0v) is 18.6. The van der Waals surface area contributed by atoms with Crippen molar-refractivity contribution in [2.24, 2.45) is 5.10 Å². The Morgan fingerprint density at radius 3 is 2.54 bits per heavy atom. The zero-order valence-electron chi connectivity index (χ0n) is 15.5. The molecule has 3 aromatic rings. The molecule has 8 heteroatoms. The first-order chi connectivity index (χ1) is 13.3. The minimum Gasteiger partial charge on any atom is -0.488 e. The highest BCUT2D eigenvalue weighted by atomic mass is 79.9. The van der Waals surface area contributed by atoms with Crippen LogP contribution in [-0.2, 0) is 6.42 Å². The van der Waals surface area contributed by atoms with Crippen molar-refractivity contribution in [3.05, 3.63) is 66.6 Å². The van der Waals surface area contributed by atoms with Crippen LogP contribution in [0.1, 0.15) is 32.2 Å². The molecule has 1 aromatic heterocycles. The van der Waals surface area contributed by atoms with Gasteiger partial charge in [0, 0.05) is 10.9 Å². The Bertz CT molecular complexity index is 1100. The number of hydrogen-bond donors (Lipinski definition) is 0. The Morgan fingerprint density at radius 1 is 1.25 bits per heavy atom. The van der Waals surface area contributed by atoms with E-state index >= 15 is 0 Å². The van der Waals surface area contributed by atoms with Crippen molar-refractivity contribution in [3.8, 4) is 5.75 Å². The van der Waals surface area contributed by atoms with Crippen LogP contribution in [0.2, 0.25) is 10.0 Å². The molecule has 0 amide bonds. The highest BCUT2D eigenvalue weighted by Crippen LogP contribution is 2.34. The molecule has 0 atom stereocenters. The molecule has 1 heterocycles. The van der Waals surface area contributed by atoms with E-state index in [1.807, 2.05) is 26.8 Å². The van der Waals surface area contributed by atoms with Crippen LogP contribution in [0.4, 0.5) is 0 Å². The molecule has 28 heavy (non-hydrogen) atoms. The molecule has 3 rings (SSSR count). The minimum atomic E-state index is -0.239. The molecule has 2 aromatic carbocycles. The average Bonchev–Trinajstić information content (AvgIpc) is 2.64. The van der Waals surface area contributed by atoms with Crippen LogP contribution in [0, 0.1) is 0 Å². The van der Waals surface area contributed by atoms with Crippen molar-refractivity contribution >= 4 is 56.2 Å². The van der Waals surface area contributed by atoms with Crippen LogP contribution in [0.25, 0.3) is 10.9 Å². The van der Waals surface area contributed by atoms with Crippen molar-refractivity contribution in [3.63, 3.8) is 0 Å². The SMILES string of the molecule is CCc1nc2ccc(Br)cc2c(=O)n1N=Cc1cc(Cl)c(OC(C)C)c(Cl)c1. The van der Waals surface area contributed by atoms with Crippen LogP contribution < -0.4 is 10.3 Å². The summed E-state index contributed by atoms with van der Waals surface area (Å²) in [4.78, 5) is 17.5. The Balaban J connectivity index is 2.06. The Hall–Kier alpha value is -1.89. The average molecular weight is 483 g/mol. The largest absolute Gasteiger partial charge is 0.488 e. The van der Waals surface area contributed by atoms with Crippen LogP contribution >= 0.6 is 39.1 Å². The number of ether oxygens (including phenoxy) is 1. The fraction of sp³-hybridized carbons (Fsp3) is 0.250. The normalized spacial score (nSPS) is 11.7. The third kappa shape index (κ3) is 4.40. The summed E-state index contributed by atoms with van der Waals surface area (Å²) < 4.78 is 7.73. The molecule has 5 nitrogen and oxygen atoms in total. The molecule has 0 saturated carbocycles. The van der Waals surface area contributed by atoms with Crippen LogP contribution in [0.15, 0.2) is 44.7 Å². The maximum absolute atomic E-state index is 12.9. The van der Waals surface area contributed by atoms with Crippen molar-refractivity contribution in [1.29, 1.82) is 0 Å². The van der Waals surface area contributed by atoms with Crippen molar-refractivity contribution in [2.45, 2.75) is 33.3 Å². The second kappa shape index (κ2) is 8.64. The number of hydrogen-bond acceptors (Lipinski definition) is 4. The molecule has 0 saturated heterocycles. The summed E-state index contributed by atoms with van der Waals surface area (Å²) in [5.74, 6) is 0.993. The van der Waals surface area contributed by atoms with E-state index in [1.54, 1.807) is 24.3 Å². The van der Waals surface area contributed by atoms with Gasteiger partial charge in [0.15, 0.2) is 5.75 Å². The predicted molar refractivity (Wildman–Crippen MR) is 118 cm³/mol. The summed E-state index contributed by atoms with van der Waals surface area (Å²) >= 11 is 16.0. The summed E-state index contributed by atoms with van der Waals surface area (Å²) in [6.45, 7) is 5.71. The van der Waals surface area contributed by atoms with Gasteiger partial charge >= 0.3 is 0 Å². The van der Waals surface area contributed by atoms with Gasteiger partial charge in [0.25, 0.3) is 5.56 Å². The van der Waals surface area contributed by atoms with Crippen molar-refractivity contribution in [2.75, 3.05) is 0 Å². The third-order valence-electron chi connectivity index (χ3n) is 3.89. The smallest absolute Gasteiger partial charge is 0.282 e. The first-order valence-corrected chi connectivity index (χ1v) is 10.3. The third-order valence-corrected chi connectivity index (χ3v) is 4.94. The van der Waals surface area contributed by atoms with Crippen LogP contribution in [0.5, 0.6) is 5.75 Å². The number of benzene rings is 2. The minimum absolute atomic E-state index is 0.0526. The van der Waals surface area contributed by atoms with Gasteiger partial charge in [-0.15, -0.1) is 0 Å². The molecule has 0 radical (unpaired) electrons. The Labute approximate surface area is 181 Å². The van der Waals surface area contributed by atoms with E-state index < -0.39 is 0 Å². The molecule has 0 fully saturated rings. The Morgan fingerprint density at radius 2 is 1.93 bits per heavy atom. The lowest BCUT2D eigenvalue weighted by molar-refractivity contribution is 0.243. The molecule has 0 bridgehead atoms. The number of aromatic nitrogens is 2. The van der Waals surface area contributed by atoms with E-state index in [0.29, 0.717) is 44.5 Å². The second-order valence-electron chi connectivity index (χ2n) is 6.38. The molecular weight excluding hydrogens is 465 g/mol. The summed E-state index contributed by atoms with van der Waals surface area (Å²) in [6, 6.07) is 8.78. The van der Waals surface area contributed by atoms with Gasteiger partial charge in [-0.2, -0.15) is 9.78 Å². The van der Waals surface area contributed by atoms with E-state index in [9.17, 15) is 4.79 Å². The lowest BCUT2D eigenvalue weighted by Crippen LogP contribution is -2.22. The van der Waals surface area contributed by atoms with E-state index in [2.05, 4.69) is 26.0 Å². The molecular formula is C20H18BrCl2N3O2. The predicted octanol–water partition coefficient (Wildman–Crippen LogP) is 5.70. The summed E-state index contributed by atoms with van der Waals surface area (Å²) in [5, 5.41) is 5.59. The second-order valence-corrected chi connectivity index (χ2v) is 8.11. The molecule has 0 aliphatic carbocycles. The maximum Gasteiger partial charge on any atom is 0.282 e. The summed E-state index contributed by atoms with van der Waals surface area (Å²) in [7, 11) is 0. The fourth-order valence-corrected chi connectivity index (χ4v) is 3.62. The van der Waals surface area contributed by atoms with Crippen molar-refractivity contribution in [1.82, 2.24) is 9.66 Å². The number of halogens is 3. The first-order valence-electron chi connectivity index (χ1n) is 8.71. The van der Waals surface area contributed by atoms with Gasteiger partial charge in [0.1, 0.15) is 5.82 Å². The first kappa shape index (κ1) is 20.8. The van der Waals surface area contributed by atoms with E-state index in [1.165, 1.54) is 10.9 Å². The molecule has 146 valence electrons. The van der Waals surface area contributed by atoms with Gasteiger partial charge in [-0.3, -0.25) is 4.79 Å². The number of nitrogens with zero attached hydrogens (tertiary/aromatic N) is 3. The lowest BCUT2D eigenvalue weighted by Gasteiger charge is -2.13. The number of fused-ring (bicyclic) bond motifs is 1. The van der Waals surface area contributed by atoms with E-state index in [4.69, 9.17) is 27.9 Å². The highest BCUT2D eigenvalue weighted by molar-refractivity contribution is 9.10. The van der Waals surface area contributed by atoms with Gasteiger partial charge in [-0.25, -0.2) is 4.98 Å². The summed E-state index contributed by atoms with van der Waals surface area (Å²) in [6.07, 6.45) is 2.03. The van der Waals surface area contributed by atoms with E-state index in [0.717, 1.165) is 4.47 Å². The maximum atomic E-state index is 12.9. The lowest BCUT2D eigenvalue weighted by atomic mass is 10.2. The van der Waals surface area contributed by atoms with Gasteiger partial charge in [-0.05, 0) is 49.7 Å². The van der Waals surface area contributed by atoms with E-state index in [-0.39, 0.29) is 11.7 Å². The van der Waals surface area contributed by atoms with Gasteiger partial charge < -0.3 is 4.74 Å². The zero-order chi connectivity index (χ0) is 20.4. The molecule has 0 spiro atoms. The number of rotatable bonds is 5. The quantitative estimate of drug-likeness (QED) is 0.438. The molecule has 0 N–H and O–H groups in total. The number of aryl methyl sites for hydroxylation is 1. The monoisotopic (exact) mass is 481 g/mol. The van der Waals surface area contributed by atoms with Gasteiger partial charge in [0.05, 0.1) is 33.3 Å². The topological polar surface area (TPSA) is 56.5 Å². The fourth-order valence-electron chi connectivity index (χ4n) is 2.67. The van der Waals surface area contributed by atoms with Crippen LogP contribution in [0.3, 0.4) is 0 Å². The van der Waals surface area contributed by atoms with Crippen LogP contribution in [-0.4, -0.2) is 22.0 Å². The standard InChI is InChI=1S/C20H18BrCl2N3O2/c1-4-18-25-17-6-5-13(21)9-14(17)20(27)26(18)24-10-12-7-15(22)19(16(23)8-12)28-11(2)3/h5-11H,4H2,1-3H3. The molecule has 0 aliphatic heterocycles. The van der Waals surface area contributed by atoms with Crippen molar-refractivity contribution < 1.29 is 4.74 Å². The highest BCUT2D eigenvalue weighted by Gasteiger charge is 2.12. The molecule has 0 unspecified atom stereocenters. The summed E-state index contributed by atoms with van der Waals surface area (Å²) in [5.41, 5.74) is 1.04. The van der Waals surface area contributed by atoms with Gasteiger partial charge in [-0.1, -0.05) is 46.1 Å².